The van der Waals surface area contributed by atoms with Crippen LogP contribution in [0.3, 0.4) is 0 Å². The van der Waals surface area contributed by atoms with Crippen molar-refractivity contribution >= 4 is 0 Å². The Morgan fingerprint density at radius 1 is 0.262 bits per heavy atom. The van der Waals surface area contributed by atoms with Crippen LogP contribution in [-0.2, 0) is 9.47 Å². The topological polar surface area (TPSA) is 65.5 Å². The summed E-state index contributed by atoms with van der Waals surface area (Å²) >= 11 is 0. The minimum Gasteiger partial charge on any atom is -0.393 e. The maximum atomic E-state index is 9.89. The Hall–Kier alpha value is -0.160. The van der Waals surface area contributed by atoms with Gasteiger partial charge >= 0.3 is 0 Å². The van der Waals surface area contributed by atoms with Gasteiger partial charge in [-0.25, -0.2) is 0 Å². The maximum absolute atomic E-state index is 9.89. The molecule has 4 saturated carbocycles. The van der Waals surface area contributed by atoms with Crippen LogP contribution >= 0.6 is 0 Å². The highest BCUT2D eigenvalue weighted by atomic mass is 16.6. The first-order chi connectivity index (χ1) is 32.0. The molecular weight excluding hydrogens is 797 g/mol. The third-order valence-corrected chi connectivity index (χ3v) is 19.1. The summed E-state index contributed by atoms with van der Waals surface area (Å²) in [6.07, 6.45) is 72.9. The van der Waals surface area contributed by atoms with Crippen LogP contribution in [0.25, 0.3) is 0 Å². The third kappa shape index (κ3) is 23.5. The molecule has 0 aromatic heterocycles. The first-order valence-corrected chi connectivity index (χ1v) is 30.7. The number of hydrogen-bond donors (Lipinski definition) is 2. The summed E-state index contributed by atoms with van der Waals surface area (Å²) in [6.45, 7) is 0. The number of rotatable bonds is 40. The van der Waals surface area contributed by atoms with Gasteiger partial charge in [0.1, 0.15) is 0 Å². The van der Waals surface area contributed by atoms with Crippen molar-refractivity contribution in [2.24, 2.45) is 29.1 Å². The predicted octanol–water partition coefficient (Wildman–Crippen LogP) is 18.3. The Bertz CT molecular complexity index is 1050. The smallest absolute Gasteiger partial charge is 0.0844 e. The SMILES string of the molecule is OC1CCC(CCCCCCCCCC(CCCCCCCCCC2CCC(O)CC2)(CCCCCCCCCC2CCC3OC3C2)CCCCCCCCCC2CCC3OC3C2)CC1. The van der Waals surface area contributed by atoms with Gasteiger partial charge in [0.15, 0.2) is 0 Å². The van der Waals surface area contributed by atoms with E-state index in [1.807, 2.05) is 0 Å². The second kappa shape index (κ2) is 32.7. The molecule has 4 nitrogen and oxygen atoms in total. The number of fused-ring (bicyclic) bond motifs is 2. The van der Waals surface area contributed by atoms with Gasteiger partial charge in [-0.1, -0.05) is 205 Å². The van der Waals surface area contributed by atoms with Crippen LogP contribution in [-0.4, -0.2) is 46.8 Å². The van der Waals surface area contributed by atoms with Crippen LogP contribution in [0, 0.1) is 29.1 Å². The van der Waals surface area contributed by atoms with E-state index in [4.69, 9.17) is 9.47 Å². The van der Waals surface area contributed by atoms with E-state index in [0.29, 0.717) is 29.8 Å². The molecule has 380 valence electrons. The zero-order valence-corrected chi connectivity index (χ0v) is 43.3. The van der Waals surface area contributed by atoms with Gasteiger partial charge in [-0.15, -0.1) is 0 Å². The molecule has 0 aromatic rings. The van der Waals surface area contributed by atoms with Crippen molar-refractivity contribution in [2.45, 2.75) is 358 Å². The van der Waals surface area contributed by atoms with Crippen molar-refractivity contribution in [3.8, 4) is 0 Å². The van der Waals surface area contributed by atoms with Crippen molar-refractivity contribution in [3.63, 3.8) is 0 Å². The first-order valence-electron chi connectivity index (χ1n) is 30.7. The largest absolute Gasteiger partial charge is 0.393 e. The average Bonchev–Trinajstić information content (AvgIpc) is 4.26. The highest BCUT2D eigenvalue weighted by Gasteiger charge is 2.44. The van der Waals surface area contributed by atoms with Crippen LogP contribution in [0.15, 0.2) is 0 Å². The Morgan fingerprint density at radius 3 is 0.800 bits per heavy atom. The zero-order chi connectivity index (χ0) is 45.0. The van der Waals surface area contributed by atoms with Crippen LogP contribution in [0.4, 0.5) is 0 Å². The van der Waals surface area contributed by atoms with E-state index in [1.165, 1.54) is 295 Å². The van der Waals surface area contributed by atoms with Crippen molar-refractivity contribution < 1.29 is 19.7 Å². The lowest BCUT2D eigenvalue weighted by Crippen LogP contribution is -2.21. The van der Waals surface area contributed by atoms with Crippen LogP contribution in [0.5, 0.6) is 0 Å². The molecule has 0 amide bonds. The van der Waals surface area contributed by atoms with Crippen molar-refractivity contribution in [1.29, 1.82) is 0 Å². The summed E-state index contributed by atoms with van der Waals surface area (Å²) in [4.78, 5) is 0. The zero-order valence-electron chi connectivity index (χ0n) is 43.3. The van der Waals surface area contributed by atoms with Gasteiger partial charge in [-0.3, -0.25) is 0 Å². The van der Waals surface area contributed by atoms with E-state index >= 15 is 0 Å². The second-order valence-electron chi connectivity index (χ2n) is 24.7. The highest BCUT2D eigenvalue weighted by molar-refractivity contribution is 4.92. The first kappa shape index (κ1) is 54.2. The van der Waals surface area contributed by atoms with Gasteiger partial charge in [-0.05, 0) is 145 Å². The molecule has 2 aliphatic heterocycles. The fraction of sp³-hybridized carbons (Fsp3) is 1.00. The number of aliphatic hydroxyl groups is 2. The minimum atomic E-state index is -0.00550. The van der Waals surface area contributed by atoms with E-state index in [0.717, 1.165) is 49.4 Å². The molecule has 6 aliphatic rings. The Labute approximate surface area is 404 Å². The molecule has 2 heterocycles. The normalized spacial score (nSPS) is 30.7. The molecule has 6 atom stereocenters. The molecule has 6 rings (SSSR count). The van der Waals surface area contributed by atoms with E-state index in [9.17, 15) is 10.2 Å². The lowest BCUT2D eigenvalue weighted by Gasteiger charge is -2.35. The average molecular weight is 910 g/mol. The van der Waals surface area contributed by atoms with Crippen LogP contribution < -0.4 is 0 Å². The van der Waals surface area contributed by atoms with E-state index in [2.05, 4.69) is 0 Å². The maximum Gasteiger partial charge on any atom is 0.0844 e. The van der Waals surface area contributed by atoms with Gasteiger partial charge in [0.2, 0.25) is 0 Å². The number of epoxide rings is 2. The number of hydrogen-bond acceptors (Lipinski definition) is 4. The molecule has 0 spiro atoms. The summed E-state index contributed by atoms with van der Waals surface area (Å²) < 4.78 is 11.6. The quantitative estimate of drug-likeness (QED) is 0.0475. The molecule has 65 heavy (non-hydrogen) atoms. The Kier molecular flexibility index (Phi) is 27.2. The van der Waals surface area contributed by atoms with E-state index in [1.54, 1.807) is 0 Å². The van der Waals surface area contributed by atoms with Gasteiger partial charge in [0, 0.05) is 0 Å². The molecule has 4 aliphatic carbocycles. The fourth-order valence-corrected chi connectivity index (χ4v) is 14.4. The molecular formula is C61H112O4. The number of ether oxygens (including phenoxy) is 2. The Balaban J connectivity index is 0.877. The molecule has 2 saturated heterocycles. The van der Waals surface area contributed by atoms with Gasteiger partial charge in [-0.2, -0.15) is 0 Å². The summed E-state index contributed by atoms with van der Waals surface area (Å²) in [5.41, 5.74) is 0.607. The van der Waals surface area contributed by atoms with Crippen LogP contribution in [0.1, 0.15) is 321 Å². The monoisotopic (exact) mass is 909 g/mol. The standard InChI is InChI=1S/C61H112O4/c62-55-39-33-51(34-40-55)29-21-13-5-1-9-17-25-45-61(46-26-18-10-2-6-14-22-30-52-35-41-56(63)42-36-52,47-27-19-11-3-7-15-23-31-53-37-43-57-59(49-53)64-57)48-28-20-12-4-8-16-24-32-54-38-44-58-60(50-54)65-58/h51-60,62-63H,1-50H2. The number of unbranched alkanes of at least 4 members (excludes halogenated alkanes) is 24. The molecule has 2 N–H and O–H groups in total. The van der Waals surface area contributed by atoms with E-state index in [-0.39, 0.29) is 12.2 Å². The van der Waals surface area contributed by atoms with Crippen molar-refractivity contribution in [3.05, 3.63) is 0 Å². The van der Waals surface area contributed by atoms with E-state index < -0.39 is 0 Å². The molecule has 0 radical (unpaired) electrons. The Morgan fingerprint density at radius 2 is 0.508 bits per heavy atom. The molecule has 6 fully saturated rings. The molecule has 6 unspecified atom stereocenters. The molecule has 0 bridgehead atoms. The molecule has 4 heteroatoms. The third-order valence-electron chi connectivity index (χ3n) is 19.1. The predicted molar refractivity (Wildman–Crippen MR) is 277 cm³/mol. The lowest BCUT2D eigenvalue weighted by atomic mass is 9.70. The second-order valence-corrected chi connectivity index (χ2v) is 24.7. The van der Waals surface area contributed by atoms with Crippen molar-refractivity contribution in [2.75, 3.05) is 0 Å². The summed E-state index contributed by atoms with van der Waals surface area (Å²) in [6, 6.07) is 0. The van der Waals surface area contributed by atoms with Crippen LogP contribution in [0.2, 0.25) is 0 Å². The minimum absolute atomic E-state index is 0.00550. The summed E-state index contributed by atoms with van der Waals surface area (Å²) in [7, 11) is 0. The lowest BCUT2D eigenvalue weighted by molar-refractivity contribution is 0.105. The highest BCUT2D eigenvalue weighted by Crippen LogP contribution is 2.44. The van der Waals surface area contributed by atoms with Crippen molar-refractivity contribution in [1.82, 2.24) is 0 Å². The van der Waals surface area contributed by atoms with Gasteiger partial charge in [0.05, 0.1) is 36.6 Å². The summed E-state index contributed by atoms with van der Waals surface area (Å²) in [5.74, 6) is 3.72. The fourth-order valence-electron chi connectivity index (χ4n) is 14.4. The number of aliphatic hydroxyl groups excluding tert-OH is 2. The van der Waals surface area contributed by atoms with Gasteiger partial charge in [0.25, 0.3) is 0 Å². The summed E-state index contributed by atoms with van der Waals surface area (Å²) in [5, 5.41) is 19.8. The molecule has 0 aromatic carbocycles. The van der Waals surface area contributed by atoms with Gasteiger partial charge < -0.3 is 19.7 Å².